The molecule has 0 unspecified atom stereocenters. The molecular formula is C13H9FN2. The summed E-state index contributed by atoms with van der Waals surface area (Å²) in [6.45, 7) is 0. The number of hydrogen-bond donors (Lipinski definition) is 1. The van der Waals surface area contributed by atoms with Crippen LogP contribution < -0.4 is 5.32 Å². The van der Waals surface area contributed by atoms with Crippen molar-refractivity contribution < 1.29 is 4.39 Å². The van der Waals surface area contributed by atoms with Crippen molar-refractivity contribution in [3.63, 3.8) is 0 Å². The number of anilines is 2. The van der Waals surface area contributed by atoms with Crippen LogP contribution in [-0.2, 0) is 0 Å². The zero-order valence-electron chi connectivity index (χ0n) is 8.44. The van der Waals surface area contributed by atoms with E-state index >= 15 is 0 Å². The molecule has 0 spiro atoms. The molecule has 0 heterocycles. The SMILES string of the molecule is N#Cc1ccccc1Nc1ccc(F)cc1. The second kappa shape index (κ2) is 4.45. The van der Waals surface area contributed by atoms with Gasteiger partial charge in [-0.3, -0.25) is 0 Å². The van der Waals surface area contributed by atoms with Gasteiger partial charge in [0.05, 0.1) is 11.3 Å². The Kier molecular flexibility index (Phi) is 2.84. The Balaban J connectivity index is 2.27. The molecule has 3 heteroatoms. The van der Waals surface area contributed by atoms with Crippen LogP contribution in [0.4, 0.5) is 15.8 Å². The second-order valence-corrected chi connectivity index (χ2v) is 3.29. The minimum absolute atomic E-state index is 0.279. The fourth-order valence-corrected chi connectivity index (χ4v) is 1.38. The van der Waals surface area contributed by atoms with Crippen molar-refractivity contribution >= 4 is 11.4 Å². The maximum atomic E-state index is 12.7. The van der Waals surface area contributed by atoms with Gasteiger partial charge in [-0.05, 0) is 36.4 Å². The molecule has 0 aromatic heterocycles. The first-order valence-corrected chi connectivity index (χ1v) is 4.81. The highest BCUT2D eigenvalue weighted by Gasteiger charge is 2.00. The quantitative estimate of drug-likeness (QED) is 0.827. The third-order valence-electron chi connectivity index (χ3n) is 2.17. The highest BCUT2D eigenvalue weighted by molar-refractivity contribution is 5.66. The zero-order valence-corrected chi connectivity index (χ0v) is 8.44. The first kappa shape index (κ1) is 10.2. The van der Waals surface area contributed by atoms with Gasteiger partial charge in [-0.25, -0.2) is 4.39 Å². The van der Waals surface area contributed by atoms with E-state index in [1.165, 1.54) is 12.1 Å². The average molecular weight is 212 g/mol. The predicted octanol–water partition coefficient (Wildman–Crippen LogP) is 3.44. The molecule has 0 amide bonds. The lowest BCUT2D eigenvalue weighted by molar-refractivity contribution is 0.628. The van der Waals surface area contributed by atoms with Gasteiger partial charge in [0.1, 0.15) is 11.9 Å². The minimum Gasteiger partial charge on any atom is -0.354 e. The summed E-state index contributed by atoms with van der Waals surface area (Å²) in [5.41, 5.74) is 2.03. The Labute approximate surface area is 93.0 Å². The lowest BCUT2D eigenvalue weighted by Crippen LogP contribution is -1.93. The topological polar surface area (TPSA) is 35.8 Å². The van der Waals surface area contributed by atoms with Gasteiger partial charge in [0.25, 0.3) is 0 Å². The molecule has 0 bridgehead atoms. The van der Waals surface area contributed by atoms with E-state index in [-0.39, 0.29) is 5.82 Å². The molecular weight excluding hydrogens is 203 g/mol. The number of nitrogens with one attached hydrogen (secondary N) is 1. The van der Waals surface area contributed by atoms with E-state index in [1.807, 2.05) is 12.1 Å². The van der Waals surface area contributed by atoms with Gasteiger partial charge in [0, 0.05) is 5.69 Å². The summed E-state index contributed by atoms with van der Waals surface area (Å²) in [5, 5.41) is 12.0. The lowest BCUT2D eigenvalue weighted by Gasteiger charge is -2.07. The number of benzene rings is 2. The fraction of sp³-hybridized carbons (Fsp3) is 0. The molecule has 0 aliphatic heterocycles. The van der Waals surface area contributed by atoms with E-state index in [0.717, 1.165) is 11.4 Å². The molecule has 2 aromatic rings. The van der Waals surface area contributed by atoms with E-state index in [2.05, 4.69) is 11.4 Å². The fourth-order valence-electron chi connectivity index (χ4n) is 1.38. The van der Waals surface area contributed by atoms with Crippen molar-refractivity contribution in [1.82, 2.24) is 0 Å². The molecule has 16 heavy (non-hydrogen) atoms. The van der Waals surface area contributed by atoms with Crippen LogP contribution >= 0.6 is 0 Å². The maximum absolute atomic E-state index is 12.7. The Bertz CT molecular complexity index is 526. The van der Waals surface area contributed by atoms with E-state index in [4.69, 9.17) is 5.26 Å². The molecule has 1 N–H and O–H groups in total. The summed E-state index contributed by atoms with van der Waals surface area (Å²) in [5.74, 6) is -0.279. The lowest BCUT2D eigenvalue weighted by atomic mass is 10.2. The van der Waals surface area contributed by atoms with Gasteiger partial charge in [-0.15, -0.1) is 0 Å². The van der Waals surface area contributed by atoms with Crippen LogP contribution in [0.25, 0.3) is 0 Å². The molecule has 0 saturated heterocycles. The van der Waals surface area contributed by atoms with Gasteiger partial charge in [0.15, 0.2) is 0 Å². The van der Waals surface area contributed by atoms with Crippen LogP contribution in [0, 0.1) is 17.1 Å². The molecule has 2 aromatic carbocycles. The number of rotatable bonds is 2. The second-order valence-electron chi connectivity index (χ2n) is 3.29. The number of para-hydroxylation sites is 1. The summed E-state index contributed by atoms with van der Waals surface area (Å²) >= 11 is 0. The van der Waals surface area contributed by atoms with Crippen LogP contribution in [-0.4, -0.2) is 0 Å². The standard InChI is InChI=1S/C13H9FN2/c14-11-5-7-12(8-6-11)16-13-4-2-1-3-10(13)9-15/h1-8,16H. The van der Waals surface area contributed by atoms with Crippen molar-refractivity contribution in [1.29, 1.82) is 5.26 Å². The summed E-state index contributed by atoms with van der Waals surface area (Å²) in [7, 11) is 0. The van der Waals surface area contributed by atoms with Gasteiger partial charge in [0.2, 0.25) is 0 Å². The van der Waals surface area contributed by atoms with Gasteiger partial charge in [-0.2, -0.15) is 5.26 Å². The van der Waals surface area contributed by atoms with E-state index in [1.54, 1.807) is 24.3 Å². The highest BCUT2D eigenvalue weighted by atomic mass is 19.1. The first-order chi connectivity index (χ1) is 7.79. The smallest absolute Gasteiger partial charge is 0.123 e. The summed E-state index contributed by atoms with van der Waals surface area (Å²) < 4.78 is 12.7. The van der Waals surface area contributed by atoms with Crippen molar-refractivity contribution in [2.45, 2.75) is 0 Å². The summed E-state index contributed by atoms with van der Waals surface area (Å²) in [6.07, 6.45) is 0. The largest absolute Gasteiger partial charge is 0.354 e. The number of nitrogens with zero attached hydrogens (tertiary/aromatic N) is 1. The Morgan fingerprint density at radius 1 is 1.00 bits per heavy atom. The Morgan fingerprint density at radius 2 is 1.69 bits per heavy atom. The van der Waals surface area contributed by atoms with Gasteiger partial charge < -0.3 is 5.32 Å². The molecule has 2 nitrogen and oxygen atoms in total. The number of nitriles is 1. The van der Waals surface area contributed by atoms with Crippen LogP contribution in [0.5, 0.6) is 0 Å². The monoisotopic (exact) mass is 212 g/mol. The van der Waals surface area contributed by atoms with Crippen molar-refractivity contribution in [2.24, 2.45) is 0 Å². The van der Waals surface area contributed by atoms with Crippen LogP contribution in [0.2, 0.25) is 0 Å². The third kappa shape index (κ3) is 2.18. The molecule has 0 radical (unpaired) electrons. The maximum Gasteiger partial charge on any atom is 0.123 e. The first-order valence-electron chi connectivity index (χ1n) is 4.81. The van der Waals surface area contributed by atoms with Crippen molar-refractivity contribution in [3.05, 3.63) is 59.9 Å². The average Bonchev–Trinajstić information content (AvgIpc) is 2.33. The van der Waals surface area contributed by atoms with Crippen molar-refractivity contribution in [2.75, 3.05) is 5.32 Å². The van der Waals surface area contributed by atoms with E-state index in [0.29, 0.717) is 5.56 Å². The molecule has 0 fully saturated rings. The van der Waals surface area contributed by atoms with E-state index < -0.39 is 0 Å². The van der Waals surface area contributed by atoms with Crippen molar-refractivity contribution in [3.8, 4) is 6.07 Å². The molecule has 0 atom stereocenters. The zero-order chi connectivity index (χ0) is 11.4. The minimum atomic E-state index is -0.279. The normalized spacial score (nSPS) is 9.50. The summed E-state index contributed by atoms with van der Waals surface area (Å²) in [4.78, 5) is 0. The van der Waals surface area contributed by atoms with Gasteiger partial charge in [-0.1, -0.05) is 12.1 Å². The molecule has 0 saturated carbocycles. The summed E-state index contributed by atoms with van der Waals surface area (Å²) in [6, 6.07) is 15.3. The molecule has 78 valence electrons. The predicted molar refractivity (Wildman–Crippen MR) is 60.8 cm³/mol. The third-order valence-corrected chi connectivity index (χ3v) is 2.17. The van der Waals surface area contributed by atoms with Crippen LogP contribution in [0.3, 0.4) is 0 Å². The molecule has 0 aliphatic carbocycles. The van der Waals surface area contributed by atoms with Gasteiger partial charge >= 0.3 is 0 Å². The van der Waals surface area contributed by atoms with E-state index in [9.17, 15) is 4.39 Å². The Hall–Kier alpha value is -2.34. The highest BCUT2D eigenvalue weighted by Crippen LogP contribution is 2.20. The molecule has 2 rings (SSSR count). The van der Waals surface area contributed by atoms with Crippen LogP contribution in [0.15, 0.2) is 48.5 Å². The molecule has 0 aliphatic rings. The van der Waals surface area contributed by atoms with Crippen LogP contribution in [0.1, 0.15) is 5.56 Å². The Morgan fingerprint density at radius 3 is 2.38 bits per heavy atom. The number of halogens is 1. The number of hydrogen-bond acceptors (Lipinski definition) is 2.